The van der Waals surface area contributed by atoms with Crippen molar-refractivity contribution in [2.45, 2.75) is 31.8 Å². The monoisotopic (exact) mass is 487 g/mol. The van der Waals surface area contributed by atoms with Crippen LogP contribution >= 0.6 is 34.8 Å². The van der Waals surface area contributed by atoms with Crippen LogP contribution in [0.5, 0.6) is 5.75 Å². The van der Waals surface area contributed by atoms with Gasteiger partial charge in [0.2, 0.25) is 0 Å². The number of Topliss-reactive ketones (excluding diaryl/α,β-unsaturated/α-hetero) is 1. The molecule has 32 heavy (non-hydrogen) atoms. The third-order valence-corrected chi connectivity index (χ3v) is 6.87. The number of nitrogens with two attached hydrogens (primary N) is 1. The van der Waals surface area contributed by atoms with Crippen LogP contribution in [-0.2, 0) is 11.4 Å². The first-order chi connectivity index (χ1) is 15.3. The summed E-state index contributed by atoms with van der Waals surface area (Å²) in [6.07, 6.45) is 1.97. The summed E-state index contributed by atoms with van der Waals surface area (Å²) in [6.45, 7) is 0.258. The second-order valence-corrected chi connectivity index (χ2v) is 8.99. The molecular weight excluding hydrogens is 469 g/mol. The molecule has 1 aliphatic carbocycles. The predicted molar refractivity (Wildman–Crippen MR) is 125 cm³/mol. The fraction of sp³-hybridized carbons (Fsp3) is 0.250. The van der Waals surface area contributed by atoms with Crippen molar-refractivity contribution in [3.05, 3.63) is 85.3 Å². The molecule has 8 heteroatoms. The van der Waals surface area contributed by atoms with Crippen LogP contribution in [0.4, 0.5) is 0 Å². The van der Waals surface area contributed by atoms with Gasteiger partial charge in [-0.2, -0.15) is 5.26 Å². The maximum absolute atomic E-state index is 12.9. The molecule has 0 fully saturated rings. The lowest BCUT2D eigenvalue weighted by molar-refractivity contribution is -0.116. The van der Waals surface area contributed by atoms with Crippen molar-refractivity contribution in [2.75, 3.05) is 7.05 Å². The van der Waals surface area contributed by atoms with Crippen LogP contribution in [0.15, 0.2) is 59.1 Å². The fourth-order valence-corrected chi connectivity index (χ4v) is 4.76. The van der Waals surface area contributed by atoms with E-state index in [0.717, 1.165) is 29.7 Å². The molecule has 2 aromatic rings. The zero-order chi connectivity index (χ0) is 23.0. The standard InChI is InChI=1S/C24H20Cl3N3O2/c1-30-19-3-2-4-20(31)23(19)22(15(11-28)24(30)29)14-6-8-21(18(27)10-14)32-12-13-5-7-16(25)17(26)9-13/h5-10,22H,2-4,12,29H2,1H3/t22-/m0/s1. The van der Waals surface area contributed by atoms with E-state index in [1.807, 2.05) is 12.1 Å². The summed E-state index contributed by atoms with van der Waals surface area (Å²) in [5.74, 6) is 0.344. The lowest BCUT2D eigenvalue weighted by Crippen LogP contribution is -2.36. The number of rotatable bonds is 4. The maximum atomic E-state index is 12.9. The second-order valence-electron chi connectivity index (χ2n) is 7.77. The van der Waals surface area contributed by atoms with Crippen molar-refractivity contribution >= 4 is 40.6 Å². The number of carbonyl (C=O) groups is 1. The van der Waals surface area contributed by atoms with Gasteiger partial charge in [0.25, 0.3) is 0 Å². The summed E-state index contributed by atoms with van der Waals surface area (Å²) in [6, 6.07) is 12.8. The van der Waals surface area contributed by atoms with Crippen LogP contribution in [0.25, 0.3) is 0 Å². The number of carbonyl (C=O) groups excluding carboxylic acids is 1. The molecule has 0 unspecified atom stereocenters. The quantitative estimate of drug-likeness (QED) is 0.575. The third-order valence-electron chi connectivity index (χ3n) is 5.84. The van der Waals surface area contributed by atoms with E-state index >= 15 is 0 Å². The molecular formula is C24H20Cl3N3O2. The highest BCUT2D eigenvalue weighted by Crippen LogP contribution is 2.45. The van der Waals surface area contributed by atoms with Crippen LogP contribution < -0.4 is 10.5 Å². The molecule has 2 N–H and O–H groups in total. The molecule has 1 heterocycles. The molecule has 0 spiro atoms. The Balaban J connectivity index is 1.66. The van der Waals surface area contributed by atoms with E-state index in [2.05, 4.69) is 6.07 Å². The van der Waals surface area contributed by atoms with Crippen LogP contribution in [0.1, 0.15) is 36.3 Å². The first-order valence-corrected chi connectivity index (χ1v) is 11.2. The summed E-state index contributed by atoms with van der Waals surface area (Å²) in [4.78, 5) is 14.6. The number of benzene rings is 2. The molecule has 0 radical (unpaired) electrons. The molecule has 0 saturated carbocycles. The van der Waals surface area contributed by atoms with Gasteiger partial charge in [-0.05, 0) is 48.2 Å². The molecule has 2 aliphatic rings. The Bertz CT molecular complexity index is 1210. The molecule has 0 saturated heterocycles. The number of hydrogen-bond donors (Lipinski definition) is 1. The summed E-state index contributed by atoms with van der Waals surface area (Å²) >= 11 is 18.5. The molecule has 1 aliphatic heterocycles. The van der Waals surface area contributed by atoms with Gasteiger partial charge < -0.3 is 15.4 Å². The van der Waals surface area contributed by atoms with Crippen LogP contribution in [0, 0.1) is 11.3 Å². The summed E-state index contributed by atoms with van der Waals surface area (Å²) < 4.78 is 5.86. The van der Waals surface area contributed by atoms with E-state index in [9.17, 15) is 10.1 Å². The van der Waals surface area contributed by atoms with Gasteiger partial charge in [0, 0.05) is 24.7 Å². The van der Waals surface area contributed by atoms with E-state index < -0.39 is 5.92 Å². The average molecular weight is 489 g/mol. The van der Waals surface area contributed by atoms with Crippen molar-refractivity contribution in [1.29, 1.82) is 5.26 Å². The molecule has 2 aromatic carbocycles. The Kier molecular flexibility index (Phi) is 6.39. The topological polar surface area (TPSA) is 79.3 Å². The molecule has 1 atom stereocenters. The number of allylic oxidation sites excluding steroid dienone is 3. The van der Waals surface area contributed by atoms with Gasteiger partial charge in [0.05, 0.1) is 32.6 Å². The Hall–Kier alpha value is -2.65. The number of nitrogens with zero attached hydrogens (tertiary/aromatic N) is 2. The van der Waals surface area contributed by atoms with Gasteiger partial charge in [-0.15, -0.1) is 0 Å². The van der Waals surface area contributed by atoms with Crippen molar-refractivity contribution in [3.8, 4) is 11.8 Å². The van der Waals surface area contributed by atoms with E-state index in [4.69, 9.17) is 45.3 Å². The molecule has 164 valence electrons. The largest absolute Gasteiger partial charge is 0.487 e. The summed E-state index contributed by atoms with van der Waals surface area (Å²) in [7, 11) is 1.80. The highest BCUT2D eigenvalue weighted by atomic mass is 35.5. The van der Waals surface area contributed by atoms with Gasteiger partial charge in [0.15, 0.2) is 5.78 Å². The first kappa shape index (κ1) is 22.5. The molecule has 4 rings (SSSR count). The van der Waals surface area contributed by atoms with Crippen molar-refractivity contribution in [3.63, 3.8) is 0 Å². The van der Waals surface area contributed by atoms with E-state index in [-0.39, 0.29) is 12.4 Å². The lowest BCUT2D eigenvalue weighted by atomic mass is 9.76. The Morgan fingerprint density at radius 2 is 1.91 bits per heavy atom. The minimum Gasteiger partial charge on any atom is -0.487 e. The second kappa shape index (κ2) is 9.07. The number of hydrogen-bond acceptors (Lipinski definition) is 5. The zero-order valence-corrected chi connectivity index (χ0v) is 19.6. The summed E-state index contributed by atoms with van der Waals surface area (Å²) in [5, 5.41) is 11.1. The third kappa shape index (κ3) is 4.06. The molecule has 0 aromatic heterocycles. The smallest absolute Gasteiger partial charge is 0.161 e. The lowest BCUT2D eigenvalue weighted by Gasteiger charge is -2.37. The number of ether oxygens (including phenoxy) is 1. The van der Waals surface area contributed by atoms with E-state index in [0.29, 0.717) is 44.2 Å². The minimum atomic E-state index is -0.541. The maximum Gasteiger partial charge on any atom is 0.161 e. The van der Waals surface area contributed by atoms with Gasteiger partial charge in [0.1, 0.15) is 18.2 Å². The van der Waals surface area contributed by atoms with Crippen LogP contribution in [0.3, 0.4) is 0 Å². The van der Waals surface area contributed by atoms with E-state index in [1.54, 1.807) is 36.2 Å². The minimum absolute atomic E-state index is 0.0411. The Labute approximate surface area is 201 Å². The highest BCUT2D eigenvalue weighted by Gasteiger charge is 2.38. The van der Waals surface area contributed by atoms with Crippen molar-refractivity contribution in [1.82, 2.24) is 4.90 Å². The number of halogens is 3. The fourth-order valence-electron chi connectivity index (χ4n) is 4.20. The Morgan fingerprint density at radius 3 is 2.59 bits per heavy atom. The van der Waals surface area contributed by atoms with Crippen molar-refractivity contribution < 1.29 is 9.53 Å². The highest BCUT2D eigenvalue weighted by molar-refractivity contribution is 6.42. The van der Waals surface area contributed by atoms with Crippen molar-refractivity contribution in [2.24, 2.45) is 5.73 Å². The predicted octanol–water partition coefficient (Wildman–Crippen LogP) is 5.96. The SMILES string of the molecule is CN1C(N)=C(C#N)[C@H](c2ccc(OCc3ccc(Cl)c(Cl)c3)c(Cl)c2)C2=C1CCCC2=O. The average Bonchev–Trinajstić information content (AvgIpc) is 2.77. The van der Waals surface area contributed by atoms with Crippen LogP contribution in [-0.4, -0.2) is 17.7 Å². The van der Waals surface area contributed by atoms with Gasteiger partial charge >= 0.3 is 0 Å². The molecule has 5 nitrogen and oxygen atoms in total. The molecule has 0 bridgehead atoms. The van der Waals surface area contributed by atoms with Gasteiger partial charge in [-0.1, -0.05) is 46.9 Å². The zero-order valence-electron chi connectivity index (χ0n) is 17.3. The summed E-state index contributed by atoms with van der Waals surface area (Å²) in [5.41, 5.74) is 9.70. The number of nitriles is 1. The molecule has 0 amide bonds. The van der Waals surface area contributed by atoms with E-state index in [1.165, 1.54) is 0 Å². The first-order valence-electron chi connectivity index (χ1n) is 10.1. The van der Waals surface area contributed by atoms with Gasteiger partial charge in [-0.3, -0.25) is 4.79 Å². The van der Waals surface area contributed by atoms with Gasteiger partial charge in [-0.25, -0.2) is 0 Å². The van der Waals surface area contributed by atoms with Crippen LogP contribution in [0.2, 0.25) is 15.1 Å². The normalized spacial score (nSPS) is 18.5. The Morgan fingerprint density at radius 1 is 1.12 bits per heavy atom. The number of ketones is 1.